The molecule has 0 radical (unpaired) electrons. The zero-order chi connectivity index (χ0) is 14.5. The number of nitro groups is 1. The third-order valence-corrected chi connectivity index (χ3v) is 3.06. The van der Waals surface area contributed by atoms with Gasteiger partial charge in [-0.1, -0.05) is 5.43 Å². The first-order valence-electron chi connectivity index (χ1n) is 6.50. The minimum Gasteiger partial charge on any atom is -0.339 e. The number of aliphatic imine (C=N–C) groups is 1. The highest BCUT2D eigenvalue weighted by Gasteiger charge is 2.17. The van der Waals surface area contributed by atoms with Crippen molar-refractivity contribution < 1.29 is 9.83 Å². The molecule has 0 bridgehead atoms. The van der Waals surface area contributed by atoms with Gasteiger partial charge < -0.3 is 10.2 Å². The Morgan fingerprint density at radius 2 is 2.20 bits per heavy atom. The van der Waals surface area contributed by atoms with E-state index in [9.17, 15) is 14.9 Å². The topological polar surface area (TPSA) is 99.9 Å². The third-order valence-electron chi connectivity index (χ3n) is 3.06. The van der Waals surface area contributed by atoms with Crippen molar-refractivity contribution in [3.05, 3.63) is 33.7 Å². The highest BCUT2D eigenvalue weighted by atomic mass is 16.7. The van der Waals surface area contributed by atoms with Crippen LogP contribution in [0.2, 0.25) is 0 Å². The molecule has 2 aliphatic rings. The number of hydrogen-bond acceptors (Lipinski definition) is 5. The molecule has 2 aliphatic heterocycles. The number of nitrogens with one attached hydrogen (secondary N) is 2. The van der Waals surface area contributed by atoms with Crippen molar-refractivity contribution in [2.75, 3.05) is 13.1 Å². The molecule has 0 spiro atoms. The first kappa shape index (κ1) is 14.0. The van der Waals surface area contributed by atoms with Gasteiger partial charge in [0.2, 0.25) is 5.91 Å². The van der Waals surface area contributed by atoms with Crippen LogP contribution in [0.5, 0.6) is 0 Å². The van der Waals surface area contributed by atoms with Crippen LogP contribution < -0.4 is 10.7 Å². The second-order valence-electron chi connectivity index (χ2n) is 4.74. The molecular formula is C12H17N5O3. The lowest BCUT2D eigenvalue weighted by atomic mass is 10.1. The second kappa shape index (κ2) is 6.18. The Morgan fingerprint density at radius 1 is 1.50 bits per heavy atom. The van der Waals surface area contributed by atoms with Crippen LogP contribution in [0.1, 0.15) is 26.2 Å². The molecule has 2 heterocycles. The van der Waals surface area contributed by atoms with Gasteiger partial charge in [-0.2, -0.15) is 0 Å². The summed E-state index contributed by atoms with van der Waals surface area (Å²) in [5.74, 6) is -0.0949. The maximum Gasteiger partial charge on any atom is 0.263 e. The Balaban J connectivity index is 2.10. The van der Waals surface area contributed by atoms with Gasteiger partial charge in [0.15, 0.2) is 5.03 Å². The Morgan fingerprint density at radius 3 is 2.85 bits per heavy atom. The summed E-state index contributed by atoms with van der Waals surface area (Å²) in [6, 6.07) is 0. The van der Waals surface area contributed by atoms with Crippen molar-refractivity contribution in [3.8, 4) is 0 Å². The van der Waals surface area contributed by atoms with Crippen LogP contribution in [0.4, 0.5) is 0 Å². The average molecular weight is 279 g/mol. The van der Waals surface area contributed by atoms with E-state index >= 15 is 0 Å². The molecule has 2 rings (SSSR count). The monoisotopic (exact) mass is 279 g/mol. The summed E-state index contributed by atoms with van der Waals surface area (Å²) in [6.07, 6.45) is 6.27. The zero-order valence-electron chi connectivity index (χ0n) is 11.3. The van der Waals surface area contributed by atoms with Crippen molar-refractivity contribution >= 4 is 11.9 Å². The number of hydrazine groups is 1. The van der Waals surface area contributed by atoms with E-state index in [1.165, 1.54) is 6.08 Å². The van der Waals surface area contributed by atoms with Gasteiger partial charge in [-0.3, -0.25) is 4.79 Å². The maximum absolute atomic E-state index is 12.1. The molecule has 8 nitrogen and oxygen atoms in total. The molecule has 0 saturated carbocycles. The molecular weight excluding hydrogens is 262 g/mol. The molecule has 8 heteroatoms. The minimum absolute atomic E-state index is 0.00712. The lowest BCUT2D eigenvalue weighted by molar-refractivity contribution is -0.525. The van der Waals surface area contributed by atoms with E-state index in [0.29, 0.717) is 11.4 Å². The average Bonchev–Trinajstić information content (AvgIpc) is 2.38. The smallest absolute Gasteiger partial charge is 0.263 e. The summed E-state index contributed by atoms with van der Waals surface area (Å²) in [4.78, 5) is 28.3. The first-order valence-corrected chi connectivity index (χ1v) is 6.50. The number of allylic oxidation sites excluding steroid dienone is 2. The molecule has 0 aliphatic carbocycles. The lowest BCUT2D eigenvalue weighted by Gasteiger charge is -2.25. The number of guanidine groups is 1. The summed E-state index contributed by atoms with van der Waals surface area (Å²) < 4.78 is 0. The molecule has 0 aromatic rings. The number of likely N-dealkylation sites (tertiary alicyclic amines) is 1. The molecule has 108 valence electrons. The van der Waals surface area contributed by atoms with Crippen molar-refractivity contribution in [2.24, 2.45) is 4.99 Å². The number of amides is 1. The van der Waals surface area contributed by atoms with Crippen LogP contribution in [0.3, 0.4) is 0 Å². The van der Waals surface area contributed by atoms with E-state index in [-0.39, 0.29) is 11.9 Å². The first-order chi connectivity index (χ1) is 9.54. The molecule has 0 aromatic heterocycles. The normalized spacial score (nSPS) is 20.9. The van der Waals surface area contributed by atoms with Crippen LogP contribution in [0, 0.1) is 10.1 Å². The van der Waals surface area contributed by atoms with Crippen molar-refractivity contribution in [1.82, 2.24) is 15.6 Å². The number of carbonyl (C=O) groups excluding carboxylic acids is 1. The van der Waals surface area contributed by atoms with Crippen LogP contribution in [-0.4, -0.2) is 34.9 Å². The molecule has 0 unspecified atom stereocenters. The van der Waals surface area contributed by atoms with Crippen molar-refractivity contribution in [2.45, 2.75) is 26.2 Å². The Kier molecular flexibility index (Phi) is 4.34. The van der Waals surface area contributed by atoms with Crippen LogP contribution in [-0.2, 0) is 4.79 Å². The predicted octanol–water partition coefficient (Wildman–Crippen LogP) is 0.527. The molecule has 1 fully saturated rings. The highest BCUT2D eigenvalue weighted by molar-refractivity contribution is 5.90. The van der Waals surface area contributed by atoms with E-state index in [1.807, 2.05) is 5.43 Å². The third kappa shape index (κ3) is 3.81. The van der Waals surface area contributed by atoms with E-state index in [1.54, 1.807) is 17.9 Å². The molecule has 0 aromatic carbocycles. The number of rotatable bonds is 2. The fraction of sp³-hybridized carbons (Fsp3) is 0.500. The fourth-order valence-electron chi connectivity index (χ4n) is 2.18. The van der Waals surface area contributed by atoms with Gasteiger partial charge in [0.25, 0.3) is 5.96 Å². The number of piperidine rings is 1. The van der Waals surface area contributed by atoms with E-state index in [2.05, 4.69) is 10.3 Å². The summed E-state index contributed by atoms with van der Waals surface area (Å²) in [5.41, 5.74) is 3.04. The lowest BCUT2D eigenvalue weighted by Crippen LogP contribution is -2.41. The largest absolute Gasteiger partial charge is 0.339 e. The van der Waals surface area contributed by atoms with Gasteiger partial charge in [-0.15, -0.1) is 0 Å². The minimum atomic E-state index is -0.700. The van der Waals surface area contributed by atoms with Crippen LogP contribution in [0.15, 0.2) is 28.5 Å². The van der Waals surface area contributed by atoms with Crippen LogP contribution >= 0.6 is 0 Å². The number of hydrogen-bond donors (Lipinski definition) is 2. The van der Waals surface area contributed by atoms with Gasteiger partial charge >= 0.3 is 0 Å². The quantitative estimate of drug-likeness (QED) is 0.436. The predicted molar refractivity (Wildman–Crippen MR) is 73.0 cm³/mol. The van der Waals surface area contributed by atoms with Gasteiger partial charge in [0.1, 0.15) is 0 Å². The SMILES string of the molecule is CC1=CC(=CC(=O)N2CCCCC2)N=C(N[N+](=O)[O-])N1. The fourth-order valence-corrected chi connectivity index (χ4v) is 2.18. The zero-order valence-corrected chi connectivity index (χ0v) is 11.3. The van der Waals surface area contributed by atoms with E-state index in [0.717, 1.165) is 32.4 Å². The summed E-state index contributed by atoms with van der Waals surface area (Å²) >= 11 is 0. The van der Waals surface area contributed by atoms with Crippen molar-refractivity contribution in [3.63, 3.8) is 0 Å². The van der Waals surface area contributed by atoms with E-state index in [4.69, 9.17) is 0 Å². The highest BCUT2D eigenvalue weighted by Crippen LogP contribution is 2.12. The van der Waals surface area contributed by atoms with Gasteiger partial charge in [-0.05, 0) is 32.3 Å². The molecule has 1 saturated heterocycles. The summed E-state index contributed by atoms with van der Waals surface area (Å²) in [6.45, 7) is 3.26. The van der Waals surface area contributed by atoms with Gasteiger partial charge in [-0.25, -0.2) is 15.1 Å². The molecule has 2 N–H and O–H groups in total. The standard InChI is InChI=1S/C12H17N5O3/c1-9-7-10(14-12(13-9)15-17(19)20)8-11(18)16-5-3-2-4-6-16/h7-8H,2-6H2,1H3,(H2,13,14,15). The molecule has 20 heavy (non-hydrogen) atoms. The number of carbonyl (C=O) groups is 1. The second-order valence-corrected chi connectivity index (χ2v) is 4.74. The maximum atomic E-state index is 12.1. The van der Waals surface area contributed by atoms with Gasteiger partial charge in [0, 0.05) is 24.9 Å². The Bertz CT molecular complexity index is 499. The summed E-state index contributed by atoms with van der Waals surface area (Å²) in [7, 11) is 0. The summed E-state index contributed by atoms with van der Waals surface area (Å²) in [5, 5.41) is 12.4. The van der Waals surface area contributed by atoms with Crippen molar-refractivity contribution in [1.29, 1.82) is 0 Å². The van der Waals surface area contributed by atoms with Gasteiger partial charge in [0.05, 0.1) is 5.70 Å². The van der Waals surface area contributed by atoms with E-state index < -0.39 is 5.03 Å². The molecule has 0 atom stereocenters. The Hall–Kier alpha value is -2.38. The Labute approximate surface area is 116 Å². The van der Waals surface area contributed by atoms with Crippen LogP contribution in [0.25, 0.3) is 0 Å². The molecule has 1 amide bonds. The number of nitrogens with zero attached hydrogens (tertiary/aromatic N) is 3.